The van der Waals surface area contributed by atoms with Gasteiger partial charge in [-0.3, -0.25) is 14.7 Å². The highest BCUT2D eigenvalue weighted by Crippen LogP contribution is 2.39. The van der Waals surface area contributed by atoms with Crippen molar-refractivity contribution in [1.29, 1.82) is 0 Å². The van der Waals surface area contributed by atoms with Crippen LogP contribution in [-0.2, 0) is 29.1 Å². The Morgan fingerprint density at radius 1 is 1.11 bits per heavy atom. The van der Waals surface area contributed by atoms with E-state index in [0.717, 1.165) is 29.0 Å². The highest BCUT2D eigenvalue weighted by Gasteiger charge is 2.35. The number of carbonyl (C=O) groups excluding carboxylic acids is 1. The van der Waals surface area contributed by atoms with E-state index in [1.807, 2.05) is 13.8 Å². The predicted octanol–water partition coefficient (Wildman–Crippen LogP) is 4.97. The fraction of sp³-hybridized carbons (Fsp3) is 0.308. The van der Waals surface area contributed by atoms with Crippen LogP contribution < -0.4 is 5.32 Å². The maximum Gasteiger partial charge on any atom is 0.416 e. The molecule has 1 unspecified atom stereocenters. The fourth-order valence-electron chi connectivity index (χ4n) is 4.43. The number of aromatic nitrogens is 1. The molecule has 0 saturated carbocycles. The lowest BCUT2D eigenvalue weighted by Crippen LogP contribution is -2.29. The SMILES string of the molecule is CC(C)C1c2ncc(C(=O)NCS(=O)(=O)c3ccccc3)cc2CN1Cc1ccc(C(F)(F)F)cc1. The van der Waals surface area contributed by atoms with Gasteiger partial charge in [0.05, 0.1) is 27.8 Å². The van der Waals surface area contributed by atoms with Gasteiger partial charge >= 0.3 is 6.18 Å². The lowest BCUT2D eigenvalue weighted by Gasteiger charge is -2.27. The summed E-state index contributed by atoms with van der Waals surface area (Å²) < 4.78 is 63.6. The van der Waals surface area contributed by atoms with E-state index in [2.05, 4.69) is 15.2 Å². The number of alkyl halides is 3. The Morgan fingerprint density at radius 2 is 1.78 bits per heavy atom. The van der Waals surface area contributed by atoms with Gasteiger partial charge < -0.3 is 5.32 Å². The minimum atomic E-state index is -4.38. The number of fused-ring (bicyclic) bond motifs is 1. The molecule has 190 valence electrons. The Balaban J connectivity index is 1.48. The number of nitrogens with one attached hydrogen (secondary N) is 1. The third-order valence-corrected chi connectivity index (χ3v) is 7.65. The number of nitrogens with zero attached hydrogens (tertiary/aromatic N) is 2. The molecule has 0 aliphatic carbocycles. The molecule has 1 amide bonds. The molecular weight excluding hydrogens is 491 g/mol. The normalized spacial score (nSPS) is 16.2. The van der Waals surface area contributed by atoms with Crippen molar-refractivity contribution in [3.63, 3.8) is 0 Å². The monoisotopic (exact) mass is 517 g/mol. The second-order valence-electron chi connectivity index (χ2n) is 9.13. The Kier molecular flexibility index (Phi) is 7.19. The van der Waals surface area contributed by atoms with Crippen LogP contribution in [0, 0.1) is 5.92 Å². The van der Waals surface area contributed by atoms with Crippen molar-refractivity contribution in [2.75, 3.05) is 5.88 Å². The Hall–Kier alpha value is -3.24. The third-order valence-electron chi connectivity index (χ3n) is 6.13. The van der Waals surface area contributed by atoms with Gasteiger partial charge in [-0.05, 0) is 47.4 Å². The van der Waals surface area contributed by atoms with Crippen molar-refractivity contribution in [3.8, 4) is 0 Å². The molecule has 0 spiro atoms. The van der Waals surface area contributed by atoms with Gasteiger partial charge in [-0.2, -0.15) is 13.2 Å². The molecule has 2 aromatic carbocycles. The number of hydrogen-bond acceptors (Lipinski definition) is 5. The second kappa shape index (κ2) is 10.0. The van der Waals surface area contributed by atoms with E-state index in [0.29, 0.717) is 13.1 Å². The summed E-state index contributed by atoms with van der Waals surface area (Å²) in [5.41, 5.74) is 1.94. The Bertz CT molecular complexity index is 1340. The van der Waals surface area contributed by atoms with Crippen LogP contribution in [0.4, 0.5) is 13.2 Å². The van der Waals surface area contributed by atoms with Crippen LogP contribution >= 0.6 is 0 Å². The zero-order valence-electron chi connectivity index (χ0n) is 19.8. The van der Waals surface area contributed by atoms with Crippen LogP contribution in [0.2, 0.25) is 0 Å². The maximum absolute atomic E-state index is 12.9. The number of pyridine rings is 1. The van der Waals surface area contributed by atoms with Gasteiger partial charge in [0.1, 0.15) is 5.88 Å². The number of benzene rings is 2. The quantitative estimate of drug-likeness (QED) is 0.479. The molecule has 6 nitrogen and oxygen atoms in total. The van der Waals surface area contributed by atoms with Crippen molar-refractivity contribution >= 4 is 15.7 Å². The Morgan fingerprint density at radius 3 is 2.39 bits per heavy atom. The van der Waals surface area contributed by atoms with Gasteiger partial charge in [0, 0.05) is 19.3 Å². The lowest BCUT2D eigenvalue weighted by molar-refractivity contribution is -0.137. The van der Waals surface area contributed by atoms with Gasteiger partial charge in [-0.15, -0.1) is 0 Å². The second-order valence-corrected chi connectivity index (χ2v) is 11.1. The lowest BCUT2D eigenvalue weighted by atomic mass is 9.99. The van der Waals surface area contributed by atoms with Crippen LogP contribution in [0.3, 0.4) is 0 Å². The van der Waals surface area contributed by atoms with Crippen LogP contribution in [0.1, 0.15) is 52.6 Å². The summed E-state index contributed by atoms with van der Waals surface area (Å²) in [4.78, 5) is 19.5. The first-order valence-corrected chi connectivity index (χ1v) is 13.1. The van der Waals surface area contributed by atoms with E-state index in [1.54, 1.807) is 24.3 Å². The van der Waals surface area contributed by atoms with Crippen molar-refractivity contribution in [1.82, 2.24) is 15.2 Å². The van der Waals surface area contributed by atoms with E-state index in [-0.39, 0.29) is 22.4 Å². The average molecular weight is 518 g/mol. The fourth-order valence-corrected chi connectivity index (χ4v) is 5.49. The number of amides is 1. The maximum atomic E-state index is 12.9. The van der Waals surface area contributed by atoms with Gasteiger partial charge in [0.25, 0.3) is 5.91 Å². The smallest absolute Gasteiger partial charge is 0.338 e. The topological polar surface area (TPSA) is 79.4 Å². The summed E-state index contributed by atoms with van der Waals surface area (Å²) in [6, 6.07) is 14.6. The number of sulfone groups is 1. The molecule has 1 atom stereocenters. The first-order valence-electron chi connectivity index (χ1n) is 11.4. The van der Waals surface area contributed by atoms with Gasteiger partial charge in [-0.1, -0.05) is 44.2 Å². The molecule has 0 bridgehead atoms. The zero-order chi connectivity index (χ0) is 26.1. The van der Waals surface area contributed by atoms with Gasteiger partial charge in [0.15, 0.2) is 9.84 Å². The van der Waals surface area contributed by atoms with Crippen molar-refractivity contribution in [3.05, 3.63) is 94.8 Å². The summed E-state index contributed by atoms with van der Waals surface area (Å²) in [5, 5.41) is 2.46. The van der Waals surface area contributed by atoms with Crippen molar-refractivity contribution in [2.45, 2.75) is 44.1 Å². The highest BCUT2D eigenvalue weighted by atomic mass is 32.2. The summed E-state index contributed by atoms with van der Waals surface area (Å²) in [6.07, 6.45) is -2.95. The molecule has 0 fully saturated rings. The molecule has 0 radical (unpaired) electrons. The third kappa shape index (κ3) is 5.60. The summed E-state index contributed by atoms with van der Waals surface area (Å²) in [6.45, 7) is 4.97. The van der Waals surface area contributed by atoms with E-state index in [9.17, 15) is 26.4 Å². The molecule has 2 heterocycles. The molecule has 4 rings (SSSR count). The number of hydrogen-bond donors (Lipinski definition) is 1. The van der Waals surface area contributed by atoms with E-state index >= 15 is 0 Å². The standard InChI is InChI=1S/C26H26F3N3O3S/c1-17(2)24-23-20(15-32(24)14-18-8-10-21(11-9-18)26(27,28)29)12-19(13-30-23)25(33)31-16-36(34,35)22-6-4-3-5-7-22/h3-13,17,24H,14-16H2,1-2H3,(H,31,33). The molecule has 1 aliphatic heterocycles. The first kappa shape index (κ1) is 25.8. The first-order chi connectivity index (χ1) is 17.0. The van der Waals surface area contributed by atoms with Crippen LogP contribution in [-0.4, -0.2) is 30.1 Å². The zero-order valence-corrected chi connectivity index (χ0v) is 20.6. The molecule has 10 heteroatoms. The molecule has 1 aliphatic rings. The minimum absolute atomic E-state index is 0.0714. The van der Waals surface area contributed by atoms with Crippen molar-refractivity contribution in [2.24, 2.45) is 5.92 Å². The van der Waals surface area contributed by atoms with E-state index in [4.69, 9.17) is 0 Å². The van der Waals surface area contributed by atoms with E-state index in [1.165, 1.54) is 30.5 Å². The van der Waals surface area contributed by atoms with Crippen molar-refractivity contribution < 1.29 is 26.4 Å². The molecular formula is C26H26F3N3O3S. The Labute approximate surface area is 208 Å². The molecule has 0 saturated heterocycles. The van der Waals surface area contributed by atoms with Crippen LogP contribution in [0.5, 0.6) is 0 Å². The van der Waals surface area contributed by atoms with Crippen LogP contribution in [0.15, 0.2) is 71.8 Å². The molecule has 3 aromatic rings. The largest absolute Gasteiger partial charge is 0.416 e. The van der Waals surface area contributed by atoms with Crippen LogP contribution in [0.25, 0.3) is 0 Å². The highest BCUT2D eigenvalue weighted by molar-refractivity contribution is 7.91. The molecule has 36 heavy (non-hydrogen) atoms. The minimum Gasteiger partial charge on any atom is -0.338 e. The van der Waals surface area contributed by atoms with E-state index < -0.39 is 33.4 Å². The molecule has 1 N–H and O–H groups in total. The number of halogens is 3. The molecule has 1 aromatic heterocycles. The average Bonchev–Trinajstić information content (AvgIpc) is 3.20. The summed E-state index contributed by atoms with van der Waals surface area (Å²) in [7, 11) is -3.68. The summed E-state index contributed by atoms with van der Waals surface area (Å²) >= 11 is 0. The predicted molar refractivity (Wildman–Crippen MR) is 128 cm³/mol. The van der Waals surface area contributed by atoms with Gasteiger partial charge in [0.2, 0.25) is 0 Å². The number of carbonyl (C=O) groups is 1. The summed E-state index contributed by atoms with van der Waals surface area (Å²) in [5.74, 6) is -0.919. The number of rotatable bonds is 7. The van der Waals surface area contributed by atoms with Gasteiger partial charge in [-0.25, -0.2) is 8.42 Å².